The zero-order chi connectivity index (χ0) is 14.9. The number of nitrogens with zero attached hydrogens (tertiary/aromatic N) is 2. The second-order valence-corrected chi connectivity index (χ2v) is 8.41. The first kappa shape index (κ1) is 15.4. The molecule has 0 aliphatic rings. The quantitative estimate of drug-likeness (QED) is 0.864. The molecule has 0 radical (unpaired) electrons. The van der Waals surface area contributed by atoms with Gasteiger partial charge in [-0.3, -0.25) is 0 Å². The maximum Gasteiger partial charge on any atom is 0.254 e. The largest absolute Gasteiger partial charge is 0.254 e. The van der Waals surface area contributed by atoms with Gasteiger partial charge in [-0.15, -0.1) is 0 Å². The van der Waals surface area contributed by atoms with Gasteiger partial charge in [0.15, 0.2) is 8.68 Å². The molecule has 2 aromatic rings. The van der Waals surface area contributed by atoms with Gasteiger partial charge in [-0.1, -0.05) is 52.8 Å². The lowest BCUT2D eigenvalue weighted by Gasteiger charge is -2.16. The van der Waals surface area contributed by atoms with Crippen molar-refractivity contribution in [3.63, 3.8) is 0 Å². The number of hydrogen-bond acceptors (Lipinski definition) is 4. The molecule has 0 fully saturated rings. The van der Waals surface area contributed by atoms with Crippen LogP contribution in [0, 0.1) is 13.8 Å². The van der Waals surface area contributed by atoms with E-state index in [1.807, 2.05) is 31.2 Å². The SMILES string of the molecule is Cc1ccc(CN(C)S(=O)(=O)c2sc(Cl)nc2C)cc1. The molecule has 0 bridgehead atoms. The number of halogens is 1. The van der Waals surface area contributed by atoms with E-state index in [0.29, 0.717) is 12.2 Å². The molecule has 1 heterocycles. The summed E-state index contributed by atoms with van der Waals surface area (Å²) < 4.78 is 26.7. The lowest BCUT2D eigenvalue weighted by atomic mass is 10.1. The molecule has 0 unspecified atom stereocenters. The van der Waals surface area contributed by atoms with Crippen molar-refractivity contribution in [2.24, 2.45) is 0 Å². The first-order chi connectivity index (χ1) is 9.30. The highest BCUT2D eigenvalue weighted by Gasteiger charge is 2.26. The van der Waals surface area contributed by atoms with Gasteiger partial charge in [0, 0.05) is 13.6 Å². The van der Waals surface area contributed by atoms with Gasteiger partial charge in [-0.2, -0.15) is 4.31 Å². The standard InChI is InChI=1S/C13H15ClN2O2S2/c1-9-4-6-11(7-5-9)8-16(3)20(17,18)12-10(2)15-13(14)19-12/h4-7H,8H2,1-3H3. The Labute approximate surface area is 128 Å². The molecule has 0 atom stereocenters. The van der Waals surface area contributed by atoms with Crippen molar-refractivity contribution in [3.8, 4) is 0 Å². The predicted octanol–water partition coefficient (Wildman–Crippen LogP) is 3.23. The van der Waals surface area contributed by atoms with Crippen molar-refractivity contribution in [2.75, 3.05) is 7.05 Å². The lowest BCUT2D eigenvalue weighted by molar-refractivity contribution is 0.468. The molecule has 108 valence electrons. The Bertz CT molecular complexity index is 708. The molecule has 7 heteroatoms. The maximum absolute atomic E-state index is 12.5. The summed E-state index contributed by atoms with van der Waals surface area (Å²) in [6.07, 6.45) is 0. The molecule has 2 rings (SSSR count). The monoisotopic (exact) mass is 330 g/mol. The number of thiazole rings is 1. The molecule has 0 aliphatic heterocycles. The van der Waals surface area contributed by atoms with Crippen molar-refractivity contribution >= 4 is 33.0 Å². The van der Waals surface area contributed by atoms with Crippen LogP contribution >= 0.6 is 22.9 Å². The number of aryl methyl sites for hydroxylation is 2. The molecule has 0 aliphatic carbocycles. The summed E-state index contributed by atoms with van der Waals surface area (Å²) in [6, 6.07) is 7.77. The molecule has 1 aromatic carbocycles. The molecule has 1 aromatic heterocycles. The third-order valence-electron chi connectivity index (χ3n) is 2.90. The fourth-order valence-electron chi connectivity index (χ4n) is 1.77. The number of aromatic nitrogens is 1. The van der Waals surface area contributed by atoms with E-state index < -0.39 is 10.0 Å². The highest BCUT2D eigenvalue weighted by molar-refractivity contribution is 7.91. The van der Waals surface area contributed by atoms with Crippen molar-refractivity contribution in [1.29, 1.82) is 0 Å². The van der Waals surface area contributed by atoms with E-state index in [0.717, 1.165) is 22.5 Å². The van der Waals surface area contributed by atoms with Gasteiger partial charge in [0.2, 0.25) is 0 Å². The van der Waals surface area contributed by atoms with Gasteiger partial charge < -0.3 is 0 Å². The van der Waals surface area contributed by atoms with Crippen LogP contribution in [0.25, 0.3) is 0 Å². The maximum atomic E-state index is 12.5. The first-order valence-corrected chi connectivity index (χ1v) is 8.59. The Morgan fingerprint density at radius 3 is 2.35 bits per heavy atom. The molecule has 0 saturated carbocycles. The van der Waals surface area contributed by atoms with Crippen LogP contribution in [0.4, 0.5) is 0 Å². The topological polar surface area (TPSA) is 50.3 Å². The summed E-state index contributed by atoms with van der Waals surface area (Å²) in [5.74, 6) is 0. The van der Waals surface area contributed by atoms with Crippen LogP contribution in [0.3, 0.4) is 0 Å². The average Bonchev–Trinajstić information content (AvgIpc) is 2.72. The molecule has 0 N–H and O–H groups in total. The molecule has 20 heavy (non-hydrogen) atoms. The van der Waals surface area contributed by atoms with Gasteiger partial charge in [-0.25, -0.2) is 13.4 Å². The van der Waals surface area contributed by atoms with Crippen molar-refractivity contribution in [1.82, 2.24) is 9.29 Å². The normalized spacial score (nSPS) is 12.1. The highest BCUT2D eigenvalue weighted by Crippen LogP contribution is 2.29. The molecule has 0 saturated heterocycles. The Kier molecular flexibility index (Phi) is 4.49. The Morgan fingerprint density at radius 2 is 1.85 bits per heavy atom. The van der Waals surface area contributed by atoms with E-state index >= 15 is 0 Å². The zero-order valence-corrected chi connectivity index (χ0v) is 13.8. The first-order valence-electron chi connectivity index (χ1n) is 5.95. The van der Waals surface area contributed by atoms with Gasteiger partial charge in [0.05, 0.1) is 5.69 Å². The average molecular weight is 331 g/mol. The fraction of sp³-hybridized carbons (Fsp3) is 0.308. The zero-order valence-electron chi connectivity index (χ0n) is 11.4. The summed E-state index contributed by atoms with van der Waals surface area (Å²) in [5.41, 5.74) is 2.52. The Morgan fingerprint density at radius 1 is 1.25 bits per heavy atom. The summed E-state index contributed by atoms with van der Waals surface area (Å²) in [6.45, 7) is 3.96. The van der Waals surface area contributed by atoms with E-state index in [-0.39, 0.29) is 8.68 Å². The van der Waals surface area contributed by atoms with E-state index in [2.05, 4.69) is 4.98 Å². The van der Waals surface area contributed by atoms with E-state index in [1.165, 1.54) is 4.31 Å². The van der Waals surface area contributed by atoms with Crippen LogP contribution in [0.2, 0.25) is 4.47 Å². The van der Waals surface area contributed by atoms with E-state index in [4.69, 9.17) is 11.6 Å². The fourth-order valence-corrected chi connectivity index (χ4v) is 4.85. The summed E-state index contributed by atoms with van der Waals surface area (Å²) in [5, 5.41) is 0. The summed E-state index contributed by atoms with van der Waals surface area (Å²) >= 11 is 6.77. The van der Waals surface area contributed by atoms with Crippen molar-refractivity contribution in [2.45, 2.75) is 24.6 Å². The van der Waals surface area contributed by atoms with E-state index in [9.17, 15) is 8.42 Å². The van der Waals surface area contributed by atoms with Crippen LogP contribution in [0.1, 0.15) is 16.8 Å². The summed E-state index contributed by atoms with van der Waals surface area (Å²) in [7, 11) is -1.99. The third kappa shape index (κ3) is 3.20. The van der Waals surface area contributed by atoms with E-state index in [1.54, 1.807) is 14.0 Å². The minimum atomic E-state index is -3.55. The molecule has 0 amide bonds. The Balaban J connectivity index is 2.25. The molecule has 4 nitrogen and oxygen atoms in total. The van der Waals surface area contributed by atoms with Crippen molar-refractivity contribution in [3.05, 3.63) is 45.6 Å². The molecule has 0 spiro atoms. The van der Waals surface area contributed by atoms with Crippen LogP contribution < -0.4 is 0 Å². The minimum Gasteiger partial charge on any atom is -0.229 e. The number of rotatable bonds is 4. The Hall–Kier alpha value is -0.950. The second kappa shape index (κ2) is 5.81. The molecular weight excluding hydrogens is 316 g/mol. The van der Waals surface area contributed by atoms with Crippen LogP contribution in [0.15, 0.2) is 28.5 Å². The van der Waals surface area contributed by atoms with Crippen LogP contribution in [-0.4, -0.2) is 24.8 Å². The van der Waals surface area contributed by atoms with Gasteiger partial charge in [-0.05, 0) is 19.4 Å². The lowest BCUT2D eigenvalue weighted by Crippen LogP contribution is -2.26. The van der Waals surface area contributed by atoms with Crippen molar-refractivity contribution < 1.29 is 8.42 Å². The number of benzene rings is 1. The van der Waals surface area contributed by atoms with Gasteiger partial charge >= 0.3 is 0 Å². The minimum absolute atomic E-state index is 0.206. The smallest absolute Gasteiger partial charge is 0.229 e. The van der Waals surface area contributed by atoms with Gasteiger partial charge in [0.1, 0.15) is 0 Å². The highest BCUT2D eigenvalue weighted by atomic mass is 35.5. The number of sulfonamides is 1. The molecular formula is C13H15ClN2O2S2. The second-order valence-electron chi connectivity index (χ2n) is 4.59. The third-order valence-corrected chi connectivity index (χ3v) is 6.55. The van der Waals surface area contributed by atoms with Crippen LogP contribution in [0.5, 0.6) is 0 Å². The summed E-state index contributed by atoms with van der Waals surface area (Å²) in [4.78, 5) is 3.96. The predicted molar refractivity (Wildman–Crippen MR) is 81.7 cm³/mol. The van der Waals surface area contributed by atoms with Gasteiger partial charge in [0.25, 0.3) is 10.0 Å². The van der Waals surface area contributed by atoms with Crippen LogP contribution in [-0.2, 0) is 16.6 Å². The number of hydrogen-bond donors (Lipinski definition) is 0.